The van der Waals surface area contributed by atoms with Crippen LogP contribution in [0.4, 0.5) is 0 Å². The highest BCUT2D eigenvalue weighted by molar-refractivity contribution is 7.88. The Kier molecular flexibility index (Phi) is 4.88. The van der Waals surface area contributed by atoms with E-state index in [9.17, 15) is 8.42 Å². The van der Waals surface area contributed by atoms with Gasteiger partial charge in [-0.25, -0.2) is 12.7 Å². The zero-order valence-electron chi connectivity index (χ0n) is 11.7. The van der Waals surface area contributed by atoms with Crippen LogP contribution in [0.15, 0.2) is 28.8 Å². The van der Waals surface area contributed by atoms with Gasteiger partial charge in [0.2, 0.25) is 10.0 Å². The van der Waals surface area contributed by atoms with E-state index in [-0.39, 0.29) is 24.2 Å². The molecule has 116 valence electrons. The Morgan fingerprint density at radius 1 is 1.43 bits per heavy atom. The van der Waals surface area contributed by atoms with E-state index in [4.69, 9.17) is 4.52 Å². The molecule has 3 rings (SSSR count). The standard InChI is InChI=1S/C13H17N3O3S.ClH/c1-16(10-6-7-14-8-10)20(17,18)9-12-11-4-2-3-5-13(11)19-15-12;/h2-5,10,14H,6-9H2,1H3;1H. The SMILES string of the molecule is CN(C1CCNC1)S(=O)(=O)Cc1noc2ccccc12.Cl. The second kappa shape index (κ2) is 6.31. The van der Waals surface area contributed by atoms with Gasteiger partial charge in [0.15, 0.2) is 5.58 Å². The maximum absolute atomic E-state index is 12.4. The lowest BCUT2D eigenvalue weighted by molar-refractivity contribution is 0.385. The van der Waals surface area contributed by atoms with Crippen molar-refractivity contribution in [3.05, 3.63) is 30.0 Å². The van der Waals surface area contributed by atoms with Gasteiger partial charge in [-0.15, -0.1) is 12.4 Å². The van der Waals surface area contributed by atoms with E-state index in [1.165, 1.54) is 4.31 Å². The molecule has 0 spiro atoms. The summed E-state index contributed by atoms with van der Waals surface area (Å²) in [6.07, 6.45) is 0.843. The molecule has 21 heavy (non-hydrogen) atoms. The van der Waals surface area contributed by atoms with Crippen LogP contribution in [0.25, 0.3) is 11.0 Å². The molecule has 0 aliphatic carbocycles. The van der Waals surface area contributed by atoms with E-state index >= 15 is 0 Å². The van der Waals surface area contributed by atoms with Crippen LogP contribution < -0.4 is 5.32 Å². The van der Waals surface area contributed by atoms with Gasteiger partial charge in [-0.1, -0.05) is 17.3 Å². The van der Waals surface area contributed by atoms with E-state index in [0.717, 1.165) is 18.4 Å². The smallest absolute Gasteiger partial charge is 0.220 e. The second-order valence-electron chi connectivity index (χ2n) is 5.04. The lowest BCUT2D eigenvalue weighted by Crippen LogP contribution is -2.39. The Hall–Kier alpha value is -1.15. The molecule has 1 saturated heterocycles. The average molecular weight is 332 g/mol. The summed E-state index contributed by atoms with van der Waals surface area (Å²) in [5.74, 6) is -0.128. The number of aromatic nitrogens is 1. The van der Waals surface area contributed by atoms with Crippen molar-refractivity contribution in [2.24, 2.45) is 0 Å². The Bertz CT molecular complexity index is 710. The minimum Gasteiger partial charge on any atom is -0.356 e. The van der Waals surface area contributed by atoms with Crippen LogP contribution in [0, 0.1) is 0 Å². The van der Waals surface area contributed by atoms with Gasteiger partial charge in [0.1, 0.15) is 11.4 Å². The van der Waals surface area contributed by atoms with Gasteiger partial charge < -0.3 is 9.84 Å². The van der Waals surface area contributed by atoms with Crippen molar-refractivity contribution in [3.63, 3.8) is 0 Å². The molecular weight excluding hydrogens is 314 g/mol. The molecule has 1 aromatic carbocycles. The first-order valence-electron chi connectivity index (χ1n) is 6.57. The maximum Gasteiger partial charge on any atom is 0.220 e. The van der Waals surface area contributed by atoms with Crippen molar-refractivity contribution >= 4 is 33.4 Å². The number of hydrogen-bond acceptors (Lipinski definition) is 5. The van der Waals surface area contributed by atoms with Crippen molar-refractivity contribution in [2.45, 2.75) is 18.2 Å². The van der Waals surface area contributed by atoms with Crippen molar-refractivity contribution in [1.29, 1.82) is 0 Å². The van der Waals surface area contributed by atoms with Crippen LogP contribution in [0.5, 0.6) is 0 Å². The lowest BCUT2D eigenvalue weighted by Gasteiger charge is -2.22. The number of nitrogens with zero attached hydrogens (tertiary/aromatic N) is 2. The summed E-state index contributed by atoms with van der Waals surface area (Å²) < 4.78 is 31.5. The van der Waals surface area contributed by atoms with Crippen LogP contribution in [0.1, 0.15) is 12.1 Å². The van der Waals surface area contributed by atoms with Crippen molar-refractivity contribution in [2.75, 3.05) is 20.1 Å². The number of likely N-dealkylation sites (N-methyl/N-ethyl adjacent to an activating group) is 1. The number of nitrogens with one attached hydrogen (secondary N) is 1. The summed E-state index contributed by atoms with van der Waals surface area (Å²) in [6, 6.07) is 7.32. The third-order valence-electron chi connectivity index (χ3n) is 3.76. The molecular formula is C13H18ClN3O3S. The van der Waals surface area contributed by atoms with Crippen LogP contribution in [0.3, 0.4) is 0 Å². The molecule has 2 aromatic rings. The van der Waals surface area contributed by atoms with Crippen LogP contribution in [-0.2, 0) is 15.8 Å². The predicted octanol–water partition coefficient (Wildman–Crippen LogP) is 1.37. The molecule has 0 saturated carbocycles. The molecule has 8 heteroatoms. The first kappa shape index (κ1) is 16.2. The van der Waals surface area contributed by atoms with Gasteiger partial charge in [0.25, 0.3) is 0 Å². The maximum atomic E-state index is 12.4. The van der Waals surface area contributed by atoms with Crippen LogP contribution in [-0.4, -0.2) is 44.1 Å². The minimum atomic E-state index is -3.39. The Balaban J connectivity index is 0.00000161. The summed E-state index contributed by atoms with van der Waals surface area (Å²) >= 11 is 0. The van der Waals surface area contributed by atoms with E-state index in [0.29, 0.717) is 17.8 Å². The number of rotatable bonds is 4. The predicted molar refractivity (Wildman–Crippen MR) is 82.9 cm³/mol. The summed E-state index contributed by atoms with van der Waals surface area (Å²) in [7, 11) is -1.75. The third kappa shape index (κ3) is 3.21. The third-order valence-corrected chi connectivity index (χ3v) is 5.57. The van der Waals surface area contributed by atoms with Gasteiger partial charge in [0, 0.05) is 25.0 Å². The van der Waals surface area contributed by atoms with Gasteiger partial charge in [0.05, 0.1) is 0 Å². The number of para-hydroxylation sites is 1. The molecule has 2 heterocycles. The van der Waals surface area contributed by atoms with Gasteiger partial charge in [-0.05, 0) is 25.1 Å². The molecule has 1 N–H and O–H groups in total. The zero-order valence-corrected chi connectivity index (χ0v) is 13.3. The minimum absolute atomic E-state index is 0. The number of halogens is 1. The van der Waals surface area contributed by atoms with Crippen molar-refractivity contribution < 1.29 is 12.9 Å². The molecule has 1 fully saturated rings. The fourth-order valence-corrected chi connectivity index (χ4v) is 3.89. The first-order valence-corrected chi connectivity index (χ1v) is 8.18. The Morgan fingerprint density at radius 2 is 2.19 bits per heavy atom. The normalized spacial score (nSPS) is 19.0. The monoisotopic (exact) mass is 331 g/mol. The summed E-state index contributed by atoms with van der Waals surface area (Å²) in [5.41, 5.74) is 1.08. The highest BCUT2D eigenvalue weighted by atomic mass is 35.5. The highest BCUT2D eigenvalue weighted by Crippen LogP contribution is 2.22. The summed E-state index contributed by atoms with van der Waals surface area (Å²) in [4.78, 5) is 0. The topological polar surface area (TPSA) is 75.4 Å². The molecule has 0 radical (unpaired) electrons. The Labute approximate surface area is 129 Å². The summed E-state index contributed by atoms with van der Waals surface area (Å²) in [6.45, 7) is 1.56. The first-order chi connectivity index (χ1) is 9.58. The summed E-state index contributed by atoms with van der Waals surface area (Å²) in [5, 5.41) is 7.82. The number of sulfonamides is 1. The van der Waals surface area contributed by atoms with Gasteiger partial charge >= 0.3 is 0 Å². The van der Waals surface area contributed by atoms with Gasteiger partial charge in [-0.3, -0.25) is 0 Å². The molecule has 1 unspecified atom stereocenters. The van der Waals surface area contributed by atoms with Crippen LogP contribution >= 0.6 is 12.4 Å². The molecule has 1 aliphatic heterocycles. The van der Waals surface area contributed by atoms with E-state index in [2.05, 4.69) is 10.5 Å². The van der Waals surface area contributed by atoms with Crippen LogP contribution in [0.2, 0.25) is 0 Å². The van der Waals surface area contributed by atoms with Crippen molar-refractivity contribution in [1.82, 2.24) is 14.8 Å². The van der Waals surface area contributed by atoms with E-state index in [1.54, 1.807) is 13.1 Å². The number of benzene rings is 1. The molecule has 1 aromatic heterocycles. The van der Waals surface area contributed by atoms with E-state index < -0.39 is 10.0 Å². The second-order valence-corrected chi connectivity index (χ2v) is 7.07. The molecule has 1 atom stereocenters. The number of hydrogen-bond donors (Lipinski definition) is 1. The number of fused-ring (bicyclic) bond motifs is 1. The van der Waals surface area contributed by atoms with E-state index in [1.807, 2.05) is 18.2 Å². The fraction of sp³-hybridized carbons (Fsp3) is 0.462. The van der Waals surface area contributed by atoms with Crippen molar-refractivity contribution in [3.8, 4) is 0 Å². The molecule has 0 bridgehead atoms. The lowest BCUT2D eigenvalue weighted by atomic mass is 10.2. The largest absolute Gasteiger partial charge is 0.356 e. The molecule has 0 amide bonds. The average Bonchev–Trinajstić information content (AvgIpc) is 3.08. The fourth-order valence-electron chi connectivity index (χ4n) is 2.49. The quantitative estimate of drug-likeness (QED) is 0.916. The molecule has 6 nitrogen and oxygen atoms in total. The van der Waals surface area contributed by atoms with Gasteiger partial charge in [-0.2, -0.15) is 0 Å². The Morgan fingerprint density at radius 3 is 2.90 bits per heavy atom. The molecule has 1 aliphatic rings. The highest BCUT2D eigenvalue weighted by Gasteiger charge is 2.30. The zero-order chi connectivity index (χ0) is 14.2.